The van der Waals surface area contributed by atoms with Crippen molar-refractivity contribution in [3.05, 3.63) is 58.4 Å². The summed E-state index contributed by atoms with van der Waals surface area (Å²) < 4.78 is 0. The lowest BCUT2D eigenvalue weighted by Gasteiger charge is -2.25. The van der Waals surface area contributed by atoms with Crippen molar-refractivity contribution in [3.8, 4) is 0 Å². The van der Waals surface area contributed by atoms with Crippen LogP contribution in [0.4, 0.5) is 5.69 Å². The van der Waals surface area contributed by atoms with E-state index < -0.39 is 0 Å². The Bertz CT molecular complexity index is 742. The molecular weight excluding hydrogens is 264 g/mol. The van der Waals surface area contributed by atoms with Crippen LogP contribution in [0.2, 0.25) is 0 Å². The molecule has 2 nitrogen and oxygen atoms in total. The Labute approximate surface area is 122 Å². The Kier molecular flexibility index (Phi) is 2.92. The Balaban J connectivity index is 1.73. The second-order valence-corrected chi connectivity index (χ2v) is 6.26. The summed E-state index contributed by atoms with van der Waals surface area (Å²) in [6.45, 7) is 0. The zero-order valence-corrected chi connectivity index (χ0v) is 12.0. The first-order valence-corrected chi connectivity index (χ1v) is 7.96. The molecule has 2 aromatic heterocycles. The van der Waals surface area contributed by atoms with Gasteiger partial charge >= 0.3 is 0 Å². The maximum absolute atomic E-state index is 4.43. The smallest absolute Gasteiger partial charge is 0.0722 e. The summed E-state index contributed by atoms with van der Waals surface area (Å²) in [6, 6.07) is 13.2. The highest BCUT2D eigenvalue weighted by Crippen LogP contribution is 2.36. The molecule has 1 aromatic carbocycles. The fourth-order valence-corrected chi connectivity index (χ4v) is 4.04. The van der Waals surface area contributed by atoms with Gasteiger partial charge in [0.25, 0.3) is 0 Å². The Morgan fingerprint density at radius 2 is 2.15 bits per heavy atom. The van der Waals surface area contributed by atoms with Gasteiger partial charge in [-0.2, -0.15) is 0 Å². The molecule has 0 bridgehead atoms. The number of hydrogen-bond acceptors (Lipinski definition) is 3. The molecule has 100 valence electrons. The molecule has 1 N–H and O–H groups in total. The largest absolute Gasteiger partial charge is 0.378 e. The molecule has 0 fully saturated rings. The van der Waals surface area contributed by atoms with E-state index in [1.807, 2.05) is 23.6 Å². The number of nitrogens with zero attached hydrogens (tertiary/aromatic N) is 1. The van der Waals surface area contributed by atoms with Gasteiger partial charge in [-0.3, -0.25) is 4.98 Å². The number of pyridine rings is 1. The second kappa shape index (κ2) is 4.91. The number of fused-ring (bicyclic) bond motifs is 2. The lowest BCUT2D eigenvalue weighted by Crippen LogP contribution is -2.15. The highest BCUT2D eigenvalue weighted by atomic mass is 32.1. The first-order chi connectivity index (χ1) is 9.92. The average molecular weight is 280 g/mol. The SMILES string of the molecule is c1cc(NC2CCCc3sccc32)c2cccnc2c1. The molecule has 4 rings (SSSR count). The van der Waals surface area contributed by atoms with E-state index in [1.165, 1.54) is 35.9 Å². The maximum Gasteiger partial charge on any atom is 0.0722 e. The highest BCUT2D eigenvalue weighted by Gasteiger charge is 2.21. The molecule has 0 saturated heterocycles. The summed E-state index contributed by atoms with van der Waals surface area (Å²) in [5.41, 5.74) is 3.74. The first-order valence-electron chi connectivity index (χ1n) is 7.08. The van der Waals surface area contributed by atoms with Crippen LogP contribution in [0.1, 0.15) is 29.3 Å². The van der Waals surface area contributed by atoms with Crippen LogP contribution in [-0.4, -0.2) is 4.98 Å². The first kappa shape index (κ1) is 11.9. The Morgan fingerprint density at radius 3 is 3.15 bits per heavy atom. The lowest BCUT2D eigenvalue weighted by molar-refractivity contribution is 0.609. The van der Waals surface area contributed by atoms with E-state index in [1.54, 1.807) is 4.88 Å². The summed E-state index contributed by atoms with van der Waals surface area (Å²) >= 11 is 1.89. The van der Waals surface area contributed by atoms with Crippen LogP contribution in [0.15, 0.2) is 48.0 Å². The molecule has 1 aliphatic carbocycles. The summed E-state index contributed by atoms with van der Waals surface area (Å²) in [7, 11) is 0. The number of nitrogens with one attached hydrogen (secondary N) is 1. The fraction of sp³-hybridized carbons (Fsp3) is 0.235. The van der Waals surface area contributed by atoms with Crippen LogP contribution in [0.25, 0.3) is 10.9 Å². The molecule has 0 amide bonds. The van der Waals surface area contributed by atoms with Gasteiger partial charge in [0.05, 0.1) is 11.6 Å². The average Bonchev–Trinajstić information content (AvgIpc) is 2.97. The van der Waals surface area contributed by atoms with Gasteiger partial charge in [0.15, 0.2) is 0 Å². The third kappa shape index (κ3) is 1.98. The van der Waals surface area contributed by atoms with Gasteiger partial charge in [-0.25, -0.2) is 0 Å². The summed E-state index contributed by atoms with van der Waals surface area (Å²) in [6.07, 6.45) is 5.57. The van der Waals surface area contributed by atoms with Crippen molar-refractivity contribution in [3.63, 3.8) is 0 Å². The van der Waals surface area contributed by atoms with Crippen LogP contribution in [0, 0.1) is 0 Å². The summed E-state index contributed by atoms with van der Waals surface area (Å²) in [5.74, 6) is 0. The molecule has 3 aromatic rings. The molecule has 0 spiro atoms. The monoisotopic (exact) mass is 280 g/mol. The standard InChI is InChI=1S/C17H16N2S/c1-5-14-12(4-3-10-18-14)15(6-1)19-16-7-2-8-17-13(16)9-11-20-17/h1,3-6,9-11,16,19H,2,7-8H2. The minimum absolute atomic E-state index is 0.441. The Hall–Kier alpha value is -1.87. The van der Waals surface area contributed by atoms with E-state index >= 15 is 0 Å². The molecule has 2 heterocycles. The van der Waals surface area contributed by atoms with E-state index in [0.29, 0.717) is 6.04 Å². The van der Waals surface area contributed by atoms with E-state index in [0.717, 1.165) is 5.52 Å². The highest BCUT2D eigenvalue weighted by molar-refractivity contribution is 7.10. The van der Waals surface area contributed by atoms with Gasteiger partial charge in [0.1, 0.15) is 0 Å². The molecule has 1 aliphatic rings. The lowest BCUT2D eigenvalue weighted by atomic mass is 9.93. The van der Waals surface area contributed by atoms with Crippen molar-refractivity contribution in [2.45, 2.75) is 25.3 Å². The Morgan fingerprint density at radius 1 is 1.15 bits per heavy atom. The third-order valence-electron chi connectivity index (χ3n) is 4.03. The molecule has 1 unspecified atom stereocenters. The number of aromatic nitrogens is 1. The molecule has 0 radical (unpaired) electrons. The zero-order valence-electron chi connectivity index (χ0n) is 11.2. The number of rotatable bonds is 2. The van der Waals surface area contributed by atoms with E-state index in [2.05, 4.69) is 46.0 Å². The number of hydrogen-bond donors (Lipinski definition) is 1. The quantitative estimate of drug-likeness (QED) is 0.730. The molecule has 3 heteroatoms. The van der Waals surface area contributed by atoms with Crippen molar-refractivity contribution in [1.29, 1.82) is 0 Å². The summed E-state index contributed by atoms with van der Waals surface area (Å²) in [5, 5.41) is 7.16. The predicted molar refractivity (Wildman–Crippen MR) is 85.4 cm³/mol. The fourth-order valence-electron chi connectivity index (χ4n) is 3.05. The van der Waals surface area contributed by atoms with E-state index in [9.17, 15) is 0 Å². The van der Waals surface area contributed by atoms with Crippen molar-refractivity contribution in [2.75, 3.05) is 5.32 Å². The summed E-state index contributed by atoms with van der Waals surface area (Å²) in [4.78, 5) is 5.98. The minimum atomic E-state index is 0.441. The number of benzene rings is 1. The van der Waals surface area contributed by atoms with Gasteiger partial charge < -0.3 is 5.32 Å². The molecular formula is C17H16N2S. The van der Waals surface area contributed by atoms with Crippen molar-refractivity contribution in [1.82, 2.24) is 4.98 Å². The number of thiophene rings is 1. The van der Waals surface area contributed by atoms with Crippen molar-refractivity contribution >= 4 is 27.9 Å². The second-order valence-electron chi connectivity index (χ2n) is 5.26. The maximum atomic E-state index is 4.43. The van der Waals surface area contributed by atoms with Crippen LogP contribution < -0.4 is 5.32 Å². The molecule has 0 saturated carbocycles. The molecule has 20 heavy (non-hydrogen) atoms. The van der Waals surface area contributed by atoms with Crippen LogP contribution in [0.3, 0.4) is 0 Å². The normalized spacial score (nSPS) is 17.9. The van der Waals surface area contributed by atoms with Crippen LogP contribution >= 0.6 is 11.3 Å². The molecule has 1 atom stereocenters. The van der Waals surface area contributed by atoms with Gasteiger partial charge in [0.2, 0.25) is 0 Å². The van der Waals surface area contributed by atoms with Gasteiger partial charge in [-0.05, 0) is 60.5 Å². The minimum Gasteiger partial charge on any atom is -0.378 e. The number of aryl methyl sites for hydroxylation is 1. The van der Waals surface area contributed by atoms with Gasteiger partial charge in [-0.1, -0.05) is 6.07 Å². The van der Waals surface area contributed by atoms with Crippen molar-refractivity contribution in [2.24, 2.45) is 0 Å². The molecule has 0 aliphatic heterocycles. The zero-order chi connectivity index (χ0) is 13.4. The van der Waals surface area contributed by atoms with Gasteiger partial charge in [-0.15, -0.1) is 11.3 Å². The third-order valence-corrected chi connectivity index (χ3v) is 5.02. The van der Waals surface area contributed by atoms with E-state index in [4.69, 9.17) is 0 Å². The number of anilines is 1. The predicted octanol–water partition coefficient (Wildman–Crippen LogP) is 4.79. The topological polar surface area (TPSA) is 24.9 Å². The van der Waals surface area contributed by atoms with E-state index in [-0.39, 0.29) is 0 Å². The van der Waals surface area contributed by atoms with Crippen molar-refractivity contribution < 1.29 is 0 Å². The van der Waals surface area contributed by atoms with Crippen LogP contribution in [-0.2, 0) is 6.42 Å². The van der Waals surface area contributed by atoms with Crippen LogP contribution in [0.5, 0.6) is 0 Å². The van der Waals surface area contributed by atoms with Gasteiger partial charge in [0, 0.05) is 22.1 Å².